The molecule has 1 heterocycles. The first-order valence-electron chi connectivity index (χ1n) is 17.0. The minimum atomic E-state index is -1.98. The lowest BCUT2D eigenvalue weighted by Crippen LogP contribution is -2.63. The number of benzene rings is 5. The average molecular weight is 781 g/mol. The fourth-order valence-electron chi connectivity index (χ4n) is 5.49. The Kier molecular flexibility index (Phi) is 11.8. The molecule has 57 heavy (non-hydrogen) atoms. The molecule has 5 aromatic carbocycles. The van der Waals surface area contributed by atoms with Gasteiger partial charge >= 0.3 is 29.8 Å². The summed E-state index contributed by atoms with van der Waals surface area (Å²) in [5.41, 5.74) is -0.460. The van der Waals surface area contributed by atoms with E-state index >= 15 is 0 Å². The van der Waals surface area contributed by atoms with Crippen LogP contribution in [0, 0.1) is 0 Å². The highest BCUT2D eigenvalue weighted by Gasteiger charge is 2.54. The number of esters is 5. The summed E-state index contributed by atoms with van der Waals surface area (Å²) in [6, 6.07) is 24.3. The first-order chi connectivity index (χ1) is 27.3. The Morgan fingerprint density at radius 3 is 1.02 bits per heavy atom. The van der Waals surface area contributed by atoms with Crippen LogP contribution in [0.4, 0.5) is 0 Å². The third kappa shape index (κ3) is 9.75. The van der Waals surface area contributed by atoms with Crippen molar-refractivity contribution in [3.8, 4) is 28.7 Å². The monoisotopic (exact) mass is 780 g/mol. The lowest BCUT2D eigenvalue weighted by Gasteiger charge is -2.43. The van der Waals surface area contributed by atoms with E-state index in [2.05, 4.69) is 0 Å². The van der Waals surface area contributed by atoms with E-state index in [4.69, 9.17) is 28.4 Å². The van der Waals surface area contributed by atoms with Crippen molar-refractivity contribution >= 4 is 29.8 Å². The van der Waals surface area contributed by atoms with Crippen LogP contribution in [-0.4, -0.2) is 92.7 Å². The van der Waals surface area contributed by atoms with Gasteiger partial charge < -0.3 is 54.0 Å². The Hall–Kier alpha value is -7.59. The van der Waals surface area contributed by atoms with Crippen molar-refractivity contribution in [2.45, 2.75) is 30.7 Å². The molecule has 1 fully saturated rings. The van der Waals surface area contributed by atoms with E-state index < -0.39 is 67.2 Å². The molecule has 16 nitrogen and oxygen atoms in total. The fourth-order valence-corrected chi connectivity index (χ4v) is 5.49. The van der Waals surface area contributed by atoms with E-state index in [0.717, 1.165) is 0 Å². The van der Waals surface area contributed by atoms with E-state index in [0.29, 0.717) is 0 Å². The van der Waals surface area contributed by atoms with Gasteiger partial charge in [0.15, 0.2) is 12.2 Å². The summed E-state index contributed by atoms with van der Waals surface area (Å²) in [7, 11) is 0. The lowest BCUT2D eigenvalue weighted by molar-refractivity contribution is -0.282. The van der Waals surface area contributed by atoms with Gasteiger partial charge in [-0.25, -0.2) is 24.0 Å². The predicted molar refractivity (Wildman–Crippen MR) is 193 cm³/mol. The Morgan fingerprint density at radius 1 is 0.386 bits per heavy atom. The summed E-state index contributed by atoms with van der Waals surface area (Å²) in [4.78, 5) is 67.7. The molecule has 0 saturated carbocycles. The van der Waals surface area contributed by atoms with Crippen LogP contribution in [0.15, 0.2) is 121 Å². The molecule has 0 aromatic heterocycles. The summed E-state index contributed by atoms with van der Waals surface area (Å²) in [6.07, 6.45) is -9.26. The van der Waals surface area contributed by atoms with Gasteiger partial charge in [0.1, 0.15) is 41.5 Å². The molecular formula is C41H32O16. The second-order valence-corrected chi connectivity index (χ2v) is 12.4. The van der Waals surface area contributed by atoms with Crippen LogP contribution in [-0.2, 0) is 28.4 Å². The molecule has 5 N–H and O–H groups in total. The molecular weight excluding hydrogens is 748 g/mol. The van der Waals surface area contributed by atoms with Crippen LogP contribution < -0.4 is 0 Å². The number of ether oxygens (including phenoxy) is 6. The normalized spacial score (nSPS) is 18.7. The van der Waals surface area contributed by atoms with E-state index in [1.807, 2.05) is 0 Å². The average Bonchev–Trinajstić information content (AvgIpc) is 3.20. The summed E-state index contributed by atoms with van der Waals surface area (Å²) >= 11 is 0. The first kappa shape index (κ1) is 39.1. The molecule has 0 radical (unpaired) electrons. The maximum atomic E-state index is 13.8. The van der Waals surface area contributed by atoms with Crippen LogP contribution in [0.3, 0.4) is 0 Å². The zero-order valence-electron chi connectivity index (χ0n) is 29.4. The molecule has 0 unspecified atom stereocenters. The molecule has 5 aromatic rings. The number of hydrogen-bond donors (Lipinski definition) is 5. The molecule has 6 rings (SSSR count). The largest absolute Gasteiger partial charge is 0.508 e. The maximum Gasteiger partial charge on any atom is 0.340 e. The summed E-state index contributed by atoms with van der Waals surface area (Å²) in [6.45, 7) is -0.758. The quantitative estimate of drug-likeness (QED) is 0.0906. The van der Waals surface area contributed by atoms with Crippen molar-refractivity contribution in [1.82, 2.24) is 0 Å². The standard InChI is InChI=1S/C41H32O16/c42-27-11-1-22(2-12-27)36(47)52-21-32-33(54-37(48)23-3-13-28(43)14-4-23)34(55-38(49)24-5-15-29(44)16-6-24)35(56-39(50)25-7-17-30(45)18-8-25)41(53-32)57-40(51)26-9-19-31(46)20-10-26/h1-20,32-35,41-46H,21H2/t32-,33-,34+,35-,41+/m1/s1. The van der Waals surface area contributed by atoms with E-state index in [1.54, 1.807) is 0 Å². The topological polar surface area (TPSA) is 242 Å². The van der Waals surface area contributed by atoms with Gasteiger partial charge in [-0.2, -0.15) is 0 Å². The number of carbonyl (C=O) groups excluding carboxylic acids is 5. The molecule has 1 aliphatic heterocycles. The summed E-state index contributed by atoms with van der Waals surface area (Å²) in [5.74, 6) is -6.10. The second-order valence-electron chi connectivity index (χ2n) is 12.4. The zero-order valence-corrected chi connectivity index (χ0v) is 29.4. The van der Waals surface area contributed by atoms with Gasteiger partial charge in [0.25, 0.3) is 0 Å². The van der Waals surface area contributed by atoms with Crippen LogP contribution in [0.1, 0.15) is 51.8 Å². The van der Waals surface area contributed by atoms with Crippen molar-refractivity contribution in [2.75, 3.05) is 6.61 Å². The molecule has 16 heteroatoms. The Bertz CT molecular complexity index is 2220. The molecule has 0 spiro atoms. The summed E-state index contributed by atoms with van der Waals surface area (Å²) < 4.78 is 34.9. The molecule has 5 atom stereocenters. The van der Waals surface area contributed by atoms with Gasteiger partial charge in [-0.05, 0) is 121 Å². The van der Waals surface area contributed by atoms with Crippen LogP contribution in [0.25, 0.3) is 0 Å². The number of carbonyl (C=O) groups is 5. The van der Waals surface area contributed by atoms with Gasteiger partial charge in [0, 0.05) is 0 Å². The maximum absolute atomic E-state index is 13.8. The lowest BCUT2D eigenvalue weighted by atomic mass is 9.97. The number of phenolic OH excluding ortho intramolecular Hbond substituents is 5. The van der Waals surface area contributed by atoms with Gasteiger partial charge in [-0.15, -0.1) is 0 Å². The van der Waals surface area contributed by atoms with Crippen molar-refractivity contribution in [2.24, 2.45) is 0 Å². The molecule has 1 saturated heterocycles. The van der Waals surface area contributed by atoms with Crippen LogP contribution in [0.5, 0.6) is 28.7 Å². The molecule has 0 bridgehead atoms. The zero-order chi connectivity index (χ0) is 40.6. The highest BCUT2D eigenvalue weighted by molar-refractivity contribution is 5.92. The number of phenols is 5. The van der Waals surface area contributed by atoms with Crippen molar-refractivity contribution < 1.29 is 77.9 Å². The van der Waals surface area contributed by atoms with Crippen LogP contribution >= 0.6 is 0 Å². The molecule has 0 aliphatic carbocycles. The predicted octanol–water partition coefficient (Wildman–Crippen LogP) is 4.63. The molecule has 0 amide bonds. The second kappa shape index (κ2) is 17.3. The number of aromatic hydroxyl groups is 5. The first-order valence-corrected chi connectivity index (χ1v) is 17.0. The minimum Gasteiger partial charge on any atom is -0.508 e. The van der Waals surface area contributed by atoms with Gasteiger partial charge in [0.05, 0.1) is 27.8 Å². The van der Waals surface area contributed by atoms with Crippen LogP contribution in [0.2, 0.25) is 0 Å². The Labute approximate surface area is 322 Å². The summed E-state index contributed by atoms with van der Waals surface area (Å²) in [5, 5.41) is 48.9. The van der Waals surface area contributed by atoms with Crippen molar-refractivity contribution in [1.29, 1.82) is 0 Å². The fraction of sp³-hybridized carbons (Fsp3) is 0.146. The molecule has 1 aliphatic rings. The van der Waals surface area contributed by atoms with Gasteiger partial charge in [-0.1, -0.05) is 0 Å². The highest BCUT2D eigenvalue weighted by atomic mass is 16.7. The highest BCUT2D eigenvalue weighted by Crippen LogP contribution is 2.33. The SMILES string of the molecule is O=C(OC[C@H]1O[C@@H](OC(=O)c2ccc(O)cc2)[C@H](OC(=O)c2ccc(O)cc2)[C@@H](OC(=O)c2ccc(O)cc2)[C@@H]1OC(=O)c1ccc(O)cc1)c1ccc(O)cc1. The third-order valence-corrected chi connectivity index (χ3v) is 8.44. The van der Waals surface area contributed by atoms with Gasteiger partial charge in [0.2, 0.25) is 12.4 Å². The Morgan fingerprint density at radius 2 is 0.667 bits per heavy atom. The Balaban J connectivity index is 1.43. The third-order valence-electron chi connectivity index (χ3n) is 8.44. The van der Waals surface area contributed by atoms with Crippen molar-refractivity contribution in [3.05, 3.63) is 149 Å². The molecule has 292 valence electrons. The van der Waals surface area contributed by atoms with Crippen molar-refractivity contribution in [3.63, 3.8) is 0 Å². The van der Waals surface area contributed by atoms with E-state index in [1.165, 1.54) is 121 Å². The number of rotatable bonds is 11. The minimum absolute atomic E-state index is 0.00688. The number of hydrogen-bond acceptors (Lipinski definition) is 16. The van der Waals surface area contributed by atoms with E-state index in [9.17, 15) is 49.5 Å². The van der Waals surface area contributed by atoms with E-state index in [-0.39, 0.29) is 56.6 Å². The van der Waals surface area contributed by atoms with Gasteiger partial charge in [-0.3, -0.25) is 0 Å². The smallest absolute Gasteiger partial charge is 0.340 e.